The fraction of sp³-hybridized carbons (Fsp3) is 0.700. The monoisotopic (exact) mass is 225 g/mol. The Morgan fingerprint density at radius 3 is 2.88 bits per heavy atom. The fourth-order valence-corrected chi connectivity index (χ4v) is 1.23. The molecule has 1 aromatic heterocycles. The summed E-state index contributed by atoms with van der Waals surface area (Å²) in [7, 11) is 0. The summed E-state index contributed by atoms with van der Waals surface area (Å²) in [4.78, 5) is 11.5. The first-order chi connectivity index (χ1) is 7.61. The molecule has 1 rings (SSSR count). The zero-order valence-electron chi connectivity index (χ0n) is 9.76. The summed E-state index contributed by atoms with van der Waals surface area (Å²) in [5, 5.41) is 10.3. The Hall–Kier alpha value is -1.43. The van der Waals surface area contributed by atoms with Gasteiger partial charge in [0.25, 0.3) is 0 Å². The number of aryl methyl sites for hydroxylation is 1. The van der Waals surface area contributed by atoms with Gasteiger partial charge < -0.3 is 11.1 Å². The first-order valence-corrected chi connectivity index (χ1v) is 5.48. The Labute approximate surface area is 95.2 Å². The van der Waals surface area contributed by atoms with Crippen LogP contribution < -0.4 is 11.1 Å². The van der Waals surface area contributed by atoms with Crippen molar-refractivity contribution in [2.24, 2.45) is 11.7 Å². The molecule has 6 heteroatoms. The smallest absolute Gasteiger partial charge is 0.237 e. The topological polar surface area (TPSA) is 85.8 Å². The van der Waals surface area contributed by atoms with E-state index >= 15 is 0 Å². The van der Waals surface area contributed by atoms with Crippen LogP contribution in [0.15, 0.2) is 12.4 Å². The minimum Gasteiger partial charge on any atom is -0.355 e. The molecule has 16 heavy (non-hydrogen) atoms. The number of hydrogen-bond acceptors (Lipinski definition) is 4. The van der Waals surface area contributed by atoms with Crippen molar-refractivity contribution in [3.05, 3.63) is 12.4 Å². The van der Waals surface area contributed by atoms with E-state index in [0.717, 1.165) is 13.0 Å². The van der Waals surface area contributed by atoms with E-state index < -0.39 is 6.04 Å². The summed E-state index contributed by atoms with van der Waals surface area (Å²) >= 11 is 0. The predicted octanol–water partition coefficient (Wildman–Crippen LogP) is -0.232. The van der Waals surface area contributed by atoms with E-state index in [1.54, 1.807) is 17.1 Å². The molecule has 1 atom stereocenters. The van der Waals surface area contributed by atoms with Crippen LogP contribution in [0.4, 0.5) is 0 Å². The highest BCUT2D eigenvalue weighted by Crippen LogP contribution is 1.97. The van der Waals surface area contributed by atoms with Gasteiger partial charge in [0.1, 0.15) is 0 Å². The third-order valence-electron chi connectivity index (χ3n) is 2.36. The summed E-state index contributed by atoms with van der Waals surface area (Å²) in [5.74, 6) is 0.0731. The number of aromatic nitrogens is 3. The molecule has 0 fully saturated rings. The molecule has 0 unspecified atom stereocenters. The van der Waals surface area contributed by atoms with Crippen LogP contribution >= 0.6 is 0 Å². The third-order valence-corrected chi connectivity index (χ3v) is 2.36. The lowest BCUT2D eigenvalue weighted by atomic mass is 10.1. The molecule has 0 saturated carbocycles. The summed E-state index contributed by atoms with van der Waals surface area (Å²) in [6, 6.07) is -0.425. The largest absolute Gasteiger partial charge is 0.355 e. The standard InChI is InChI=1S/C10H19N5O/c1-8(2)9(11)10(16)12-4-3-6-15-7-5-13-14-15/h5,7-9H,3-4,6,11H2,1-2H3,(H,12,16)/t9-/m0/s1. The SMILES string of the molecule is CC(C)[C@H](N)C(=O)NCCCn1ccnn1. The maximum absolute atomic E-state index is 11.5. The van der Waals surface area contributed by atoms with Gasteiger partial charge in [-0.1, -0.05) is 19.1 Å². The number of nitrogens with zero attached hydrogens (tertiary/aromatic N) is 3. The van der Waals surface area contributed by atoms with Gasteiger partial charge >= 0.3 is 0 Å². The minimum atomic E-state index is -0.425. The molecule has 1 amide bonds. The number of rotatable bonds is 6. The summed E-state index contributed by atoms with van der Waals surface area (Å²) < 4.78 is 1.73. The number of nitrogens with two attached hydrogens (primary N) is 1. The number of carbonyl (C=O) groups excluding carboxylic acids is 1. The average molecular weight is 225 g/mol. The molecule has 90 valence electrons. The van der Waals surface area contributed by atoms with E-state index in [4.69, 9.17) is 5.73 Å². The van der Waals surface area contributed by atoms with Crippen molar-refractivity contribution in [2.45, 2.75) is 32.9 Å². The van der Waals surface area contributed by atoms with Gasteiger partial charge in [-0.15, -0.1) is 5.10 Å². The number of nitrogens with one attached hydrogen (secondary N) is 1. The Balaban J connectivity index is 2.13. The molecule has 0 aliphatic carbocycles. The van der Waals surface area contributed by atoms with Crippen molar-refractivity contribution in [3.8, 4) is 0 Å². The Kier molecular flexibility index (Phi) is 4.91. The normalized spacial score (nSPS) is 12.8. The summed E-state index contributed by atoms with van der Waals surface area (Å²) in [6.45, 7) is 5.22. The molecule has 0 spiro atoms. The molecule has 0 aromatic carbocycles. The average Bonchev–Trinajstić information content (AvgIpc) is 2.75. The highest BCUT2D eigenvalue weighted by molar-refractivity contribution is 5.81. The molecular weight excluding hydrogens is 206 g/mol. The van der Waals surface area contributed by atoms with Gasteiger partial charge in [-0.25, -0.2) is 0 Å². The summed E-state index contributed by atoms with van der Waals surface area (Å²) in [5.41, 5.74) is 5.70. The van der Waals surface area contributed by atoms with Crippen molar-refractivity contribution in [2.75, 3.05) is 6.54 Å². The second-order valence-corrected chi connectivity index (χ2v) is 4.08. The molecule has 6 nitrogen and oxygen atoms in total. The van der Waals surface area contributed by atoms with Gasteiger partial charge in [0.15, 0.2) is 0 Å². The molecule has 0 bridgehead atoms. The van der Waals surface area contributed by atoms with E-state index in [2.05, 4.69) is 15.6 Å². The van der Waals surface area contributed by atoms with E-state index in [1.807, 2.05) is 13.8 Å². The zero-order valence-corrected chi connectivity index (χ0v) is 9.76. The lowest BCUT2D eigenvalue weighted by Gasteiger charge is -2.15. The Morgan fingerprint density at radius 2 is 2.31 bits per heavy atom. The van der Waals surface area contributed by atoms with Crippen molar-refractivity contribution < 1.29 is 4.79 Å². The lowest BCUT2D eigenvalue weighted by Crippen LogP contribution is -2.44. The van der Waals surface area contributed by atoms with Crippen LogP contribution in [0, 0.1) is 5.92 Å². The lowest BCUT2D eigenvalue weighted by molar-refractivity contribution is -0.123. The van der Waals surface area contributed by atoms with Crippen molar-refractivity contribution in [3.63, 3.8) is 0 Å². The van der Waals surface area contributed by atoms with Crippen LogP contribution in [0.1, 0.15) is 20.3 Å². The molecule has 1 heterocycles. The second kappa shape index (κ2) is 6.22. The van der Waals surface area contributed by atoms with E-state index in [-0.39, 0.29) is 11.8 Å². The molecule has 3 N–H and O–H groups in total. The van der Waals surface area contributed by atoms with Crippen LogP contribution in [0.5, 0.6) is 0 Å². The van der Waals surface area contributed by atoms with Crippen LogP contribution in [0.25, 0.3) is 0 Å². The second-order valence-electron chi connectivity index (χ2n) is 4.08. The van der Waals surface area contributed by atoms with E-state index in [0.29, 0.717) is 6.54 Å². The van der Waals surface area contributed by atoms with Gasteiger partial charge in [0, 0.05) is 19.3 Å². The number of hydrogen-bond donors (Lipinski definition) is 2. The van der Waals surface area contributed by atoms with Crippen molar-refractivity contribution in [1.82, 2.24) is 20.3 Å². The number of amides is 1. The molecule has 0 aliphatic rings. The quantitative estimate of drug-likeness (QED) is 0.655. The van der Waals surface area contributed by atoms with Crippen LogP contribution in [0.2, 0.25) is 0 Å². The molecular formula is C10H19N5O. The van der Waals surface area contributed by atoms with Gasteiger partial charge in [-0.3, -0.25) is 9.48 Å². The zero-order chi connectivity index (χ0) is 12.0. The van der Waals surface area contributed by atoms with Crippen molar-refractivity contribution >= 4 is 5.91 Å². The molecule has 1 aromatic rings. The van der Waals surface area contributed by atoms with Crippen LogP contribution in [0.3, 0.4) is 0 Å². The Bertz CT molecular complexity index is 309. The van der Waals surface area contributed by atoms with Gasteiger partial charge in [0.05, 0.1) is 12.2 Å². The first kappa shape index (κ1) is 12.6. The maximum Gasteiger partial charge on any atom is 0.237 e. The highest BCUT2D eigenvalue weighted by atomic mass is 16.2. The maximum atomic E-state index is 11.5. The third kappa shape index (κ3) is 3.98. The van der Waals surface area contributed by atoms with Crippen molar-refractivity contribution in [1.29, 1.82) is 0 Å². The molecule has 0 radical (unpaired) electrons. The predicted molar refractivity (Wildman–Crippen MR) is 60.5 cm³/mol. The fourth-order valence-electron chi connectivity index (χ4n) is 1.23. The number of carbonyl (C=O) groups is 1. The van der Waals surface area contributed by atoms with Gasteiger partial charge in [-0.2, -0.15) is 0 Å². The van der Waals surface area contributed by atoms with Crippen LogP contribution in [-0.4, -0.2) is 33.5 Å². The van der Waals surface area contributed by atoms with E-state index in [1.165, 1.54) is 0 Å². The van der Waals surface area contributed by atoms with Crippen LogP contribution in [-0.2, 0) is 11.3 Å². The summed E-state index contributed by atoms with van der Waals surface area (Å²) in [6.07, 6.45) is 4.24. The Morgan fingerprint density at radius 1 is 1.56 bits per heavy atom. The molecule has 0 saturated heterocycles. The minimum absolute atomic E-state index is 0.0893. The van der Waals surface area contributed by atoms with Gasteiger partial charge in [-0.05, 0) is 12.3 Å². The van der Waals surface area contributed by atoms with Gasteiger partial charge in [0.2, 0.25) is 5.91 Å². The molecule has 0 aliphatic heterocycles. The highest BCUT2D eigenvalue weighted by Gasteiger charge is 2.15. The first-order valence-electron chi connectivity index (χ1n) is 5.48. The van der Waals surface area contributed by atoms with E-state index in [9.17, 15) is 4.79 Å².